The van der Waals surface area contributed by atoms with Crippen molar-refractivity contribution in [2.75, 3.05) is 0 Å². The summed E-state index contributed by atoms with van der Waals surface area (Å²) in [6.07, 6.45) is 0. The topological polar surface area (TPSA) is 0 Å². The van der Waals surface area contributed by atoms with Crippen LogP contribution >= 0.6 is 0 Å². The van der Waals surface area contributed by atoms with Crippen molar-refractivity contribution in [1.82, 2.24) is 0 Å². The van der Waals surface area contributed by atoms with Gasteiger partial charge in [0.25, 0.3) is 0 Å². The van der Waals surface area contributed by atoms with Gasteiger partial charge in [-0.1, -0.05) is 0 Å². The zero-order chi connectivity index (χ0) is 7.94. The van der Waals surface area contributed by atoms with Crippen LogP contribution in [0.25, 0.3) is 0 Å². The number of rotatable bonds is 1. The molecule has 0 saturated carbocycles. The predicted octanol–water partition coefficient (Wildman–Crippen LogP) is 0.687. The van der Waals surface area contributed by atoms with Crippen LogP contribution in [0.1, 0.15) is 0 Å². The molecule has 0 spiro atoms. The molecular weight excluding hydrogens is 266 g/mol. The summed E-state index contributed by atoms with van der Waals surface area (Å²) in [5.74, 6) is 2.14. The number of hydrogen-bond acceptors (Lipinski definition) is 0. The molecule has 0 aliphatic carbocycles. The fourth-order valence-electron chi connectivity index (χ4n) is 0.610. The fourth-order valence-corrected chi connectivity index (χ4v) is 3.10. The summed E-state index contributed by atoms with van der Waals surface area (Å²) in [5, 5.41) is 0. The first-order valence-corrected chi connectivity index (χ1v) is 7.46. The molecule has 0 bridgehead atoms. The summed E-state index contributed by atoms with van der Waals surface area (Å²) in [5.41, 5.74) is 0. The van der Waals surface area contributed by atoms with Crippen molar-refractivity contribution in [2.24, 2.45) is 0 Å². The van der Waals surface area contributed by atoms with Gasteiger partial charge in [0.1, 0.15) is 0 Å². The van der Waals surface area contributed by atoms with Crippen molar-refractivity contribution in [3.8, 4) is 9.64 Å². The molecule has 1 aromatic carbocycles. The SMILES string of the molecule is C[Se]C#C[Se]c1ccccc1. The van der Waals surface area contributed by atoms with Gasteiger partial charge in [0.2, 0.25) is 0 Å². The summed E-state index contributed by atoms with van der Waals surface area (Å²) >= 11 is 0.884. The molecule has 0 aliphatic rings. The molecular formula is C9H8Se2. The van der Waals surface area contributed by atoms with Gasteiger partial charge in [-0.25, -0.2) is 0 Å². The maximum absolute atomic E-state index is 3.19. The second-order valence-corrected chi connectivity index (χ2v) is 4.95. The Morgan fingerprint density at radius 2 is 1.82 bits per heavy atom. The Labute approximate surface area is 80.1 Å². The van der Waals surface area contributed by atoms with Crippen molar-refractivity contribution >= 4 is 34.4 Å². The van der Waals surface area contributed by atoms with Crippen LogP contribution in [0, 0.1) is 9.64 Å². The molecule has 0 heterocycles. The van der Waals surface area contributed by atoms with E-state index in [0.717, 1.165) is 0 Å². The standard InChI is InChI=1S/C9H8Se2/c1-10-7-8-11-9-5-3-2-4-6-9/h2-6H,1H3. The first-order chi connectivity index (χ1) is 5.43. The van der Waals surface area contributed by atoms with Gasteiger partial charge in [-0.3, -0.25) is 0 Å². The van der Waals surface area contributed by atoms with E-state index in [2.05, 4.69) is 39.7 Å². The number of hydrogen-bond donors (Lipinski definition) is 0. The van der Waals surface area contributed by atoms with Crippen LogP contribution in [-0.4, -0.2) is 29.9 Å². The Bertz CT molecular complexity index is 256. The number of benzene rings is 1. The first kappa shape index (κ1) is 8.91. The first-order valence-electron chi connectivity index (χ1n) is 3.18. The van der Waals surface area contributed by atoms with Crippen molar-refractivity contribution < 1.29 is 0 Å². The van der Waals surface area contributed by atoms with Gasteiger partial charge in [0, 0.05) is 0 Å². The van der Waals surface area contributed by atoms with Gasteiger partial charge in [-0.05, 0) is 0 Å². The van der Waals surface area contributed by atoms with Crippen molar-refractivity contribution in [3.05, 3.63) is 30.3 Å². The van der Waals surface area contributed by atoms with E-state index >= 15 is 0 Å². The van der Waals surface area contributed by atoms with Crippen molar-refractivity contribution in [3.63, 3.8) is 0 Å². The molecule has 0 atom stereocenters. The monoisotopic (exact) mass is 276 g/mol. The van der Waals surface area contributed by atoms with E-state index in [0.29, 0.717) is 29.9 Å². The Balaban J connectivity index is 2.52. The van der Waals surface area contributed by atoms with Crippen molar-refractivity contribution in [1.29, 1.82) is 0 Å². The van der Waals surface area contributed by atoms with Gasteiger partial charge in [0.15, 0.2) is 0 Å². The van der Waals surface area contributed by atoms with Crippen LogP contribution in [0.4, 0.5) is 0 Å². The molecule has 2 heteroatoms. The Hall–Kier alpha value is -0.181. The summed E-state index contributed by atoms with van der Waals surface area (Å²) < 4.78 is 1.37. The van der Waals surface area contributed by atoms with E-state index in [1.807, 2.05) is 6.07 Å². The second kappa shape index (κ2) is 5.47. The van der Waals surface area contributed by atoms with Gasteiger partial charge in [0.05, 0.1) is 0 Å². The Morgan fingerprint density at radius 3 is 2.45 bits per heavy atom. The summed E-state index contributed by atoms with van der Waals surface area (Å²) in [7, 11) is 0. The minimum atomic E-state index is 0.374. The van der Waals surface area contributed by atoms with Gasteiger partial charge < -0.3 is 0 Å². The molecule has 0 unspecified atom stereocenters. The van der Waals surface area contributed by atoms with Crippen LogP contribution < -0.4 is 4.46 Å². The van der Waals surface area contributed by atoms with Crippen molar-refractivity contribution in [2.45, 2.75) is 5.82 Å². The summed E-state index contributed by atoms with van der Waals surface area (Å²) in [6.45, 7) is 0. The van der Waals surface area contributed by atoms with Gasteiger partial charge >= 0.3 is 80.2 Å². The molecule has 0 saturated heterocycles. The quantitative estimate of drug-likeness (QED) is 0.522. The van der Waals surface area contributed by atoms with Crippen LogP contribution in [0.3, 0.4) is 0 Å². The zero-order valence-electron chi connectivity index (χ0n) is 6.20. The van der Waals surface area contributed by atoms with E-state index in [1.165, 1.54) is 4.46 Å². The van der Waals surface area contributed by atoms with E-state index < -0.39 is 0 Å². The van der Waals surface area contributed by atoms with E-state index in [4.69, 9.17) is 0 Å². The van der Waals surface area contributed by atoms with Crippen LogP contribution in [0.15, 0.2) is 30.3 Å². The van der Waals surface area contributed by atoms with E-state index in [-0.39, 0.29) is 0 Å². The molecule has 0 N–H and O–H groups in total. The normalized spacial score (nSPS) is 8.45. The van der Waals surface area contributed by atoms with Crippen LogP contribution in [0.2, 0.25) is 5.82 Å². The van der Waals surface area contributed by atoms with Crippen LogP contribution in [-0.2, 0) is 0 Å². The van der Waals surface area contributed by atoms with Gasteiger partial charge in [-0.15, -0.1) is 0 Å². The molecule has 56 valence electrons. The fraction of sp³-hybridized carbons (Fsp3) is 0.111. The minimum absolute atomic E-state index is 0.374. The van der Waals surface area contributed by atoms with E-state index in [1.54, 1.807) is 0 Å². The molecule has 0 aliphatic heterocycles. The Morgan fingerprint density at radius 1 is 1.09 bits per heavy atom. The van der Waals surface area contributed by atoms with Gasteiger partial charge in [-0.2, -0.15) is 0 Å². The maximum atomic E-state index is 3.19. The third kappa shape index (κ3) is 3.65. The second-order valence-electron chi connectivity index (χ2n) is 1.82. The summed E-state index contributed by atoms with van der Waals surface area (Å²) in [4.78, 5) is 6.33. The average molecular weight is 274 g/mol. The predicted molar refractivity (Wildman–Crippen MR) is 51.2 cm³/mol. The molecule has 0 nitrogen and oxygen atoms in total. The van der Waals surface area contributed by atoms with Crippen LogP contribution in [0.5, 0.6) is 0 Å². The molecule has 0 amide bonds. The average Bonchev–Trinajstić information content (AvgIpc) is 2.07. The molecule has 1 rings (SSSR count). The Kier molecular flexibility index (Phi) is 4.43. The summed E-state index contributed by atoms with van der Waals surface area (Å²) in [6, 6.07) is 10.4. The third-order valence-electron chi connectivity index (χ3n) is 1.06. The van der Waals surface area contributed by atoms with E-state index in [9.17, 15) is 0 Å². The molecule has 11 heavy (non-hydrogen) atoms. The molecule has 0 aromatic heterocycles. The third-order valence-corrected chi connectivity index (χ3v) is 3.85. The zero-order valence-corrected chi connectivity index (χ0v) is 9.63. The molecule has 0 radical (unpaired) electrons. The molecule has 1 aromatic rings. The molecule has 0 fully saturated rings.